The summed E-state index contributed by atoms with van der Waals surface area (Å²) in [6.07, 6.45) is 12.9. The number of unbranched alkanes of at least 4 members (excludes halogenated alkanes) is 4. The third-order valence-electron chi connectivity index (χ3n) is 3.69. The Bertz CT molecular complexity index is 178. The predicted octanol–water partition coefficient (Wildman–Crippen LogP) is 5.15. The molecule has 0 aromatic rings. The molecule has 116 valence electrons. The smallest absolute Gasteiger partial charge is 0.0198 e. The highest BCUT2D eigenvalue weighted by Crippen LogP contribution is 2.22. The summed E-state index contributed by atoms with van der Waals surface area (Å²) in [4.78, 5) is 0. The summed E-state index contributed by atoms with van der Waals surface area (Å²) in [6.45, 7) is 6.89. The third kappa shape index (κ3) is 12.2. The summed E-state index contributed by atoms with van der Waals surface area (Å²) in [6, 6.07) is 0.654. The van der Waals surface area contributed by atoms with E-state index in [1.807, 2.05) is 0 Å². The molecule has 0 aromatic heterocycles. The molecule has 3 heteroatoms. The molecule has 0 rings (SSSR count). The highest BCUT2D eigenvalue weighted by Gasteiger charge is 2.14. The van der Waals surface area contributed by atoms with Gasteiger partial charge in [0.15, 0.2) is 0 Å². The van der Waals surface area contributed by atoms with Gasteiger partial charge in [-0.1, -0.05) is 39.5 Å². The molecule has 3 unspecified atom stereocenters. The van der Waals surface area contributed by atoms with Gasteiger partial charge in [0, 0.05) is 11.3 Å². The van der Waals surface area contributed by atoms with E-state index in [2.05, 4.69) is 44.9 Å². The monoisotopic (exact) mass is 305 g/mol. The van der Waals surface area contributed by atoms with Crippen molar-refractivity contribution in [2.75, 3.05) is 25.1 Å². The zero-order valence-corrected chi connectivity index (χ0v) is 15.5. The Kier molecular flexibility index (Phi) is 15.7. The number of thioether (sulfide) groups is 1. The largest absolute Gasteiger partial charge is 0.316 e. The van der Waals surface area contributed by atoms with E-state index in [1.54, 1.807) is 0 Å². The van der Waals surface area contributed by atoms with Crippen LogP contribution < -0.4 is 5.32 Å². The van der Waals surface area contributed by atoms with Gasteiger partial charge in [0.1, 0.15) is 0 Å². The molecule has 0 aromatic carbocycles. The molecule has 0 aliphatic carbocycles. The van der Waals surface area contributed by atoms with Gasteiger partial charge in [0.05, 0.1) is 0 Å². The molecule has 0 aliphatic rings. The average Bonchev–Trinajstić information content (AvgIpc) is 2.43. The lowest BCUT2D eigenvalue weighted by Crippen LogP contribution is -2.32. The number of hydrogen-bond donors (Lipinski definition) is 1. The number of hydrogen-bond acceptors (Lipinski definition) is 2. The van der Waals surface area contributed by atoms with Crippen molar-refractivity contribution in [2.45, 2.75) is 77.0 Å². The van der Waals surface area contributed by atoms with Crippen LogP contribution in [0.3, 0.4) is 0 Å². The molecular weight excluding hydrogens is 269 g/mol. The predicted molar refractivity (Wildman–Crippen MR) is 96.5 cm³/mol. The molecule has 0 spiro atoms. The Balaban J connectivity index is 3.39. The second-order valence-electron chi connectivity index (χ2n) is 5.38. The maximum Gasteiger partial charge on any atom is 0.0198 e. The molecule has 1 N–H and O–H groups in total. The Morgan fingerprint density at radius 1 is 1.00 bits per heavy atom. The van der Waals surface area contributed by atoms with Crippen LogP contribution in [0.1, 0.15) is 65.7 Å². The van der Waals surface area contributed by atoms with Crippen LogP contribution in [-0.2, 0) is 0 Å². The average molecular weight is 306 g/mol. The number of rotatable bonds is 14. The molecule has 19 heavy (non-hydrogen) atoms. The van der Waals surface area contributed by atoms with Gasteiger partial charge < -0.3 is 5.32 Å². The lowest BCUT2D eigenvalue weighted by Gasteiger charge is -2.22. The van der Waals surface area contributed by atoms with Crippen molar-refractivity contribution < 1.29 is 0 Å². The first-order valence-electron chi connectivity index (χ1n) is 8.25. The molecule has 3 atom stereocenters. The molecule has 0 bridgehead atoms. The van der Waals surface area contributed by atoms with Crippen molar-refractivity contribution in [1.82, 2.24) is 5.32 Å². The summed E-state index contributed by atoms with van der Waals surface area (Å²) in [7, 11) is 3.31. The summed E-state index contributed by atoms with van der Waals surface area (Å²) in [5.41, 5.74) is 0. The Morgan fingerprint density at radius 2 is 1.68 bits per heavy atom. The fraction of sp³-hybridized carbons (Fsp3) is 1.00. The lowest BCUT2D eigenvalue weighted by molar-refractivity contribution is 0.540. The van der Waals surface area contributed by atoms with Crippen LogP contribution in [0, 0.1) is 0 Å². The topological polar surface area (TPSA) is 12.0 Å². The Hall–Kier alpha value is 0.740. The summed E-state index contributed by atoms with van der Waals surface area (Å²) >= 11 is 2.13. The van der Waals surface area contributed by atoms with Crippen molar-refractivity contribution >= 4 is 20.3 Å². The normalized spacial score (nSPS) is 15.2. The third-order valence-corrected chi connectivity index (χ3v) is 6.51. The van der Waals surface area contributed by atoms with Crippen molar-refractivity contribution in [1.29, 1.82) is 0 Å². The second-order valence-corrected chi connectivity index (χ2v) is 8.39. The van der Waals surface area contributed by atoms with Crippen molar-refractivity contribution in [2.24, 2.45) is 0 Å². The van der Waals surface area contributed by atoms with E-state index < -0.39 is 0 Å². The first-order valence-corrected chi connectivity index (χ1v) is 10.7. The standard InChI is InChI=1S/C16H36NPS/c1-5-7-8-10-13-18-14-11-9-12-16(19-6-2)15(3)17-4/h15-18H,5-14H2,1-4H3. The summed E-state index contributed by atoms with van der Waals surface area (Å²) in [5, 5.41) is 4.22. The molecule has 0 amide bonds. The summed E-state index contributed by atoms with van der Waals surface area (Å²) in [5.74, 6) is 1.25. The van der Waals surface area contributed by atoms with E-state index in [4.69, 9.17) is 0 Å². The SMILES string of the molecule is CCCCCCPCCCCC(SCC)C(C)NC. The molecule has 0 aliphatic heterocycles. The van der Waals surface area contributed by atoms with Gasteiger partial charge in [-0.3, -0.25) is 0 Å². The zero-order valence-electron chi connectivity index (χ0n) is 13.6. The van der Waals surface area contributed by atoms with Gasteiger partial charge in [0.2, 0.25) is 0 Å². The molecule has 0 saturated heterocycles. The van der Waals surface area contributed by atoms with Gasteiger partial charge in [-0.2, -0.15) is 11.8 Å². The van der Waals surface area contributed by atoms with Crippen LogP contribution in [0.25, 0.3) is 0 Å². The van der Waals surface area contributed by atoms with Crippen molar-refractivity contribution in [3.63, 3.8) is 0 Å². The lowest BCUT2D eigenvalue weighted by atomic mass is 10.1. The quantitative estimate of drug-likeness (QED) is 0.352. The first kappa shape index (κ1) is 19.7. The molecule has 0 radical (unpaired) electrons. The Morgan fingerprint density at radius 3 is 2.26 bits per heavy atom. The van der Waals surface area contributed by atoms with E-state index in [-0.39, 0.29) is 0 Å². The maximum absolute atomic E-state index is 3.41. The minimum absolute atomic E-state index is 0.654. The van der Waals surface area contributed by atoms with Crippen LogP contribution in [-0.4, -0.2) is 36.4 Å². The van der Waals surface area contributed by atoms with E-state index in [0.29, 0.717) is 6.04 Å². The molecule has 0 fully saturated rings. The number of nitrogens with one attached hydrogen (secondary N) is 1. The van der Waals surface area contributed by atoms with Crippen LogP contribution in [0.4, 0.5) is 0 Å². The minimum atomic E-state index is 0.654. The van der Waals surface area contributed by atoms with Crippen LogP contribution in [0.5, 0.6) is 0 Å². The minimum Gasteiger partial charge on any atom is -0.316 e. The van der Waals surface area contributed by atoms with E-state index >= 15 is 0 Å². The van der Waals surface area contributed by atoms with Gasteiger partial charge in [-0.15, -0.1) is 8.58 Å². The van der Waals surface area contributed by atoms with E-state index in [9.17, 15) is 0 Å². The fourth-order valence-electron chi connectivity index (χ4n) is 2.27. The van der Waals surface area contributed by atoms with Crippen molar-refractivity contribution in [3.05, 3.63) is 0 Å². The second kappa shape index (κ2) is 15.1. The van der Waals surface area contributed by atoms with Crippen LogP contribution >= 0.6 is 20.3 Å². The zero-order chi connectivity index (χ0) is 14.3. The molecular formula is C16H36NPS. The van der Waals surface area contributed by atoms with Crippen LogP contribution in [0.15, 0.2) is 0 Å². The Labute approximate surface area is 128 Å². The van der Waals surface area contributed by atoms with Crippen molar-refractivity contribution in [3.8, 4) is 0 Å². The highest BCUT2D eigenvalue weighted by atomic mass is 32.2. The van der Waals surface area contributed by atoms with E-state index in [0.717, 1.165) is 5.25 Å². The molecule has 0 heterocycles. The van der Waals surface area contributed by atoms with Gasteiger partial charge >= 0.3 is 0 Å². The molecule has 0 saturated carbocycles. The maximum atomic E-state index is 3.41. The van der Waals surface area contributed by atoms with Crippen LogP contribution in [0.2, 0.25) is 0 Å². The molecule has 1 nitrogen and oxygen atoms in total. The summed E-state index contributed by atoms with van der Waals surface area (Å²) < 4.78 is 0. The van der Waals surface area contributed by atoms with Gasteiger partial charge in [0.25, 0.3) is 0 Å². The van der Waals surface area contributed by atoms with E-state index in [1.165, 1.54) is 71.6 Å². The first-order chi connectivity index (χ1) is 9.26. The van der Waals surface area contributed by atoms with Gasteiger partial charge in [-0.05, 0) is 51.3 Å². The highest BCUT2D eigenvalue weighted by molar-refractivity contribution is 7.99. The van der Waals surface area contributed by atoms with Gasteiger partial charge in [-0.25, -0.2) is 0 Å². The fourth-order valence-corrected chi connectivity index (χ4v) is 4.71.